The molecule has 1 N–H and O–H groups in total. The molecule has 2 aliphatic heterocycles. The van der Waals surface area contributed by atoms with Crippen molar-refractivity contribution in [3.63, 3.8) is 0 Å². The van der Waals surface area contributed by atoms with Crippen LogP contribution in [0.4, 0.5) is 5.95 Å². The normalized spacial score (nSPS) is 21.6. The van der Waals surface area contributed by atoms with E-state index in [4.69, 9.17) is 4.74 Å². The number of hydrogen-bond donors (Lipinski definition) is 1. The molecule has 0 bridgehead atoms. The van der Waals surface area contributed by atoms with E-state index in [9.17, 15) is 0 Å². The summed E-state index contributed by atoms with van der Waals surface area (Å²) in [6.07, 6.45) is 3.12. The fraction of sp³-hybridized carbons (Fsp3) is 0.765. The lowest BCUT2D eigenvalue weighted by atomic mass is 10.2. The van der Waals surface area contributed by atoms with E-state index in [1.807, 2.05) is 39.3 Å². The zero-order chi connectivity index (χ0) is 17.8. The minimum absolute atomic E-state index is 0. The second-order valence-electron chi connectivity index (χ2n) is 6.94. The van der Waals surface area contributed by atoms with Crippen molar-refractivity contribution >= 4 is 35.9 Å². The van der Waals surface area contributed by atoms with Crippen LogP contribution in [0.15, 0.2) is 11.2 Å². The van der Waals surface area contributed by atoms with Gasteiger partial charge in [-0.1, -0.05) is 0 Å². The van der Waals surface area contributed by atoms with Gasteiger partial charge in [0.25, 0.3) is 0 Å². The third-order valence-electron chi connectivity index (χ3n) is 5.12. The fourth-order valence-electron chi connectivity index (χ4n) is 3.69. The number of guanidine groups is 1. The molecule has 148 valence electrons. The Bertz CT molecular complexity index is 598. The average molecular weight is 477 g/mol. The van der Waals surface area contributed by atoms with E-state index in [-0.39, 0.29) is 24.0 Å². The number of aliphatic imine (C=N–C) groups is 1. The van der Waals surface area contributed by atoms with Gasteiger partial charge in [-0.05, 0) is 6.42 Å². The fourth-order valence-corrected chi connectivity index (χ4v) is 3.69. The number of nitrogens with one attached hydrogen (secondary N) is 1. The number of morpholine rings is 1. The van der Waals surface area contributed by atoms with Crippen LogP contribution < -0.4 is 10.2 Å². The number of halogens is 1. The van der Waals surface area contributed by atoms with Crippen molar-refractivity contribution in [1.29, 1.82) is 0 Å². The highest BCUT2D eigenvalue weighted by Crippen LogP contribution is 2.17. The molecule has 0 radical (unpaired) electrons. The maximum absolute atomic E-state index is 5.47. The Hall–Kier alpha value is -1.07. The minimum Gasteiger partial charge on any atom is -0.379 e. The van der Waals surface area contributed by atoms with E-state index in [1.54, 1.807) is 0 Å². The second-order valence-corrected chi connectivity index (χ2v) is 6.94. The lowest BCUT2D eigenvalue weighted by Gasteiger charge is -2.32. The van der Waals surface area contributed by atoms with Crippen LogP contribution in [0.3, 0.4) is 0 Å². The van der Waals surface area contributed by atoms with Gasteiger partial charge in [0, 0.05) is 60.4 Å². The topological polar surface area (TPSA) is 61.2 Å². The summed E-state index contributed by atoms with van der Waals surface area (Å²) in [5, 5.41) is 3.50. The van der Waals surface area contributed by atoms with Gasteiger partial charge in [0.15, 0.2) is 5.96 Å². The lowest BCUT2D eigenvalue weighted by Crippen LogP contribution is -2.46. The molecule has 0 aromatic carbocycles. The minimum atomic E-state index is 0. The Morgan fingerprint density at radius 3 is 2.69 bits per heavy atom. The van der Waals surface area contributed by atoms with Crippen LogP contribution in [0, 0.1) is 0 Å². The summed E-state index contributed by atoms with van der Waals surface area (Å²) in [7, 11) is 7.92. The van der Waals surface area contributed by atoms with Crippen LogP contribution in [0.2, 0.25) is 0 Å². The number of imidazole rings is 1. The maximum Gasteiger partial charge on any atom is 0.204 e. The Morgan fingerprint density at radius 1 is 1.35 bits per heavy atom. The molecule has 3 rings (SSSR count). The Kier molecular flexibility index (Phi) is 7.96. The number of anilines is 1. The highest BCUT2D eigenvalue weighted by molar-refractivity contribution is 14.0. The summed E-state index contributed by atoms with van der Waals surface area (Å²) in [6.45, 7) is 6.63. The van der Waals surface area contributed by atoms with Crippen molar-refractivity contribution in [2.45, 2.75) is 19.0 Å². The largest absolute Gasteiger partial charge is 0.379 e. The number of nitrogens with zero attached hydrogens (tertiary/aromatic N) is 6. The van der Waals surface area contributed by atoms with Crippen LogP contribution >= 0.6 is 24.0 Å². The SMILES string of the molecule is CN=C(NCc1cnc(N(C)C)n1C)N1CCC(N2CCOCC2)C1.I. The standard InChI is InChI=1S/C17H31N7O.HI/c1-18-16(19-11-15-12-20-17(21(2)3)22(15)4)24-6-5-14(13-24)23-7-9-25-10-8-23;/h12,14H,5-11,13H2,1-4H3,(H,18,19);1H. The van der Waals surface area contributed by atoms with Crippen LogP contribution in [-0.4, -0.2) is 91.9 Å². The van der Waals surface area contributed by atoms with Gasteiger partial charge in [-0.3, -0.25) is 9.89 Å². The second kappa shape index (κ2) is 9.75. The van der Waals surface area contributed by atoms with E-state index in [0.717, 1.165) is 63.5 Å². The van der Waals surface area contributed by atoms with E-state index in [0.29, 0.717) is 6.04 Å². The van der Waals surface area contributed by atoms with E-state index >= 15 is 0 Å². The molecule has 1 aromatic heterocycles. The van der Waals surface area contributed by atoms with Crippen molar-refractivity contribution in [3.05, 3.63) is 11.9 Å². The molecule has 0 spiro atoms. The van der Waals surface area contributed by atoms with Crippen LogP contribution in [0.1, 0.15) is 12.1 Å². The van der Waals surface area contributed by atoms with Crippen molar-refractivity contribution in [2.75, 3.05) is 65.4 Å². The third-order valence-corrected chi connectivity index (χ3v) is 5.12. The van der Waals surface area contributed by atoms with E-state index < -0.39 is 0 Å². The molecule has 0 saturated carbocycles. The van der Waals surface area contributed by atoms with Gasteiger partial charge in [-0.15, -0.1) is 24.0 Å². The summed E-state index contributed by atoms with van der Waals surface area (Å²) in [4.78, 5) is 15.9. The van der Waals surface area contributed by atoms with Crippen molar-refractivity contribution < 1.29 is 4.74 Å². The summed E-state index contributed by atoms with van der Waals surface area (Å²) in [5.41, 5.74) is 1.15. The Labute approximate surface area is 173 Å². The molecule has 26 heavy (non-hydrogen) atoms. The molecular formula is C17H32IN7O. The highest BCUT2D eigenvalue weighted by atomic mass is 127. The third kappa shape index (κ3) is 4.80. The number of aromatic nitrogens is 2. The van der Waals surface area contributed by atoms with Crippen LogP contribution in [-0.2, 0) is 18.3 Å². The summed E-state index contributed by atoms with van der Waals surface area (Å²) >= 11 is 0. The first-order valence-electron chi connectivity index (χ1n) is 9.05. The molecule has 2 aliphatic rings. The van der Waals surface area contributed by atoms with Gasteiger partial charge in [0.2, 0.25) is 5.95 Å². The van der Waals surface area contributed by atoms with Gasteiger partial charge in [0.05, 0.1) is 31.6 Å². The number of rotatable bonds is 4. The summed E-state index contributed by atoms with van der Waals surface area (Å²) in [6, 6.07) is 0.611. The van der Waals surface area contributed by atoms with Gasteiger partial charge in [0.1, 0.15) is 0 Å². The molecule has 3 heterocycles. The van der Waals surface area contributed by atoms with Crippen molar-refractivity contribution in [3.8, 4) is 0 Å². The number of ether oxygens (including phenoxy) is 1. The van der Waals surface area contributed by atoms with Gasteiger partial charge in [-0.25, -0.2) is 4.98 Å². The zero-order valence-electron chi connectivity index (χ0n) is 16.3. The quantitative estimate of drug-likeness (QED) is 0.389. The maximum atomic E-state index is 5.47. The van der Waals surface area contributed by atoms with Gasteiger partial charge < -0.3 is 24.4 Å². The van der Waals surface area contributed by atoms with Crippen molar-refractivity contribution in [2.24, 2.45) is 12.0 Å². The zero-order valence-corrected chi connectivity index (χ0v) is 18.6. The van der Waals surface area contributed by atoms with Gasteiger partial charge in [-0.2, -0.15) is 0 Å². The highest BCUT2D eigenvalue weighted by Gasteiger charge is 2.30. The first-order chi connectivity index (χ1) is 12.1. The Balaban J connectivity index is 0.00000243. The number of likely N-dealkylation sites (tertiary alicyclic amines) is 1. The molecule has 0 amide bonds. The molecule has 8 nitrogen and oxygen atoms in total. The summed E-state index contributed by atoms with van der Waals surface area (Å²) < 4.78 is 7.58. The lowest BCUT2D eigenvalue weighted by molar-refractivity contribution is 0.0195. The molecule has 2 saturated heterocycles. The molecule has 1 atom stereocenters. The number of hydrogen-bond acceptors (Lipinski definition) is 5. The van der Waals surface area contributed by atoms with Crippen LogP contribution in [0.25, 0.3) is 0 Å². The van der Waals surface area contributed by atoms with Crippen LogP contribution in [0.5, 0.6) is 0 Å². The first-order valence-corrected chi connectivity index (χ1v) is 9.05. The first kappa shape index (κ1) is 21.2. The molecule has 2 fully saturated rings. The monoisotopic (exact) mass is 477 g/mol. The Morgan fingerprint density at radius 2 is 2.08 bits per heavy atom. The van der Waals surface area contributed by atoms with Crippen molar-refractivity contribution in [1.82, 2.24) is 24.7 Å². The summed E-state index contributed by atoms with van der Waals surface area (Å²) in [5.74, 6) is 1.93. The van der Waals surface area contributed by atoms with Gasteiger partial charge >= 0.3 is 0 Å². The average Bonchev–Trinajstić information content (AvgIpc) is 3.24. The predicted molar refractivity (Wildman–Crippen MR) is 116 cm³/mol. The predicted octanol–water partition coefficient (Wildman–Crippen LogP) is 0.586. The smallest absolute Gasteiger partial charge is 0.204 e. The molecule has 1 aromatic rings. The molecule has 9 heteroatoms. The molecule has 0 aliphatic carbocycles. The van der Waals surface area contributed by atoms with E-state index in [2.05, 4.69) is 29.7 Å². The molecular weight excluding hydrogens is 445 g/mol. The molecule has 1 unspecified atom stereocenters. The van der Waals surface area contributed by atoms with E-state index in [1.165, 1.54) is 6.42 Å².